The molecule has 2 aromatic heterocycles. The Kier molecular flexibility index (Phi) is 18.4. The molecule has 0 saturated heterocycles. The van der Waals surface area contributed by atoms with Gasteiger partial charge in [-0.1, -0.05) is 0 Å². The molecule has 0 amide bonds. The van der Waals surface area contributed by atoms with Gasteiger partial charge in [-0.3, -0.25) is 0 Å². The minimum absolute atomic E-state index is 0.977. The number of allylic oxidation sites excluding steroid dienone is 2. The van der Waals surface area contributed by atoms with Crippen LogP contribution >= 0.6 is 0 Å². The second-order valence-electron chi connectivity index (χ2n) is 26.6. The Morgan fingerprint density at radius 1 is 0.292 bits per heavy atom. The molecule has 10 aromatic rings. The van der Waals surface area contributed by atoms with E-state index < -0.39 is 21.7 Å². The fourth-order valence-electron chi connectivity index (χ4n) is 16.1. The van der Waals surface area contributed by atoms with Gasteiger partial charge in [0.15, 0.2) is 0 Å². The van der Waals surface area contributed by atoms with Gasteiger partial charge in [0.1, 0.15) is 0 Å². The summed E-state index contributed by atoms with van der Waals surface area (Å²) in [6.07, 6.45) is 33.8. The normalized spacial score (nSPS) is 14.4. The molecule has 0 aliphatic carbocycles. The van der Waals surface area contributed by atoms with Gasteiger partial charge in [0.25, 0.3) is 0 Å². The Balaban J connectivity index is 1.21. The van der Waals surface area contributed by atoms with E-state index in [0.29, 0.717) is 0 Å². The molecule has 2 radical (unpaired) electrons. The molecule has 14 rings (SSSR count). The molecule has 0 N–H and O–H groups in total. The average Bonchev–Trinajstić information content (AvgIpc) is 1.80. The van der Waals surface area contributed by atoms with Crippen molar-refractivity contribution in [3.63, 3.8) is 0 Å². The molecule has 0 spiro atoms. The number of unbranched alkanes of at least 4 members (excludes halogenated alkanes) is 20. The van der Waals surface area contributed by atoms with Gasteiger partial charge in [0, 0.05) is 0 Å². The molecule has 6 bridgehead atoms. The molecular weight excluding hydrogens is 1180 g/mol. The maximum absolute atomic E-state index is 6.47. The van der Waals surface area contributed by atoms with Crippen molar-refractivity contribution < 1.29 is 0 Å². The van der Waals surface area contributed by atoms with Gasteiger partial charge in [0.05, 0.1) is 0 Å². The Morgan fingerprint density at radius 2 is 0.697 bits per heavy atom. The van der Waals surface area contributed by atoms with E-state index in [1.807, 2.05) is 0 Å². The molecule has 0 fully saturated rings. The third-order valence-corrected chi connectivity index (χ3v) is 24.3. The number of fused-ring (bicyclic) bond motifs is 22. The minimum atomic E-state index is -2.06. The molecule has 4 aliphatic rings. The van der Waals surface area contributed by atoms with E-state index in [1.54, 1.807) is 0 Å². The van der Waals surface area contributed by atoms with E-state index in [4.69, 9.17) is 9.98 Å². The van der Waals surface area contributed by atoms with E-state index in [1.165, 1.54) is 283 Å². The first-order valence-corrected chi connectivity index (χ1v) is 38.0. The summed E-state index contributed by atoms with van der Waals surface area (Å²) in [6, 6.07) is 57.3. The summed E-state index contributed by atoms with van der Waals surface area (Å²) >= 11 is -2.06. The average molecular weight is 1280 g/mol. The number of hydrogen-bond donors (Lipinski definition) is 0. The maximum atomic E-state index is 6.47. The topological polar surface area (TPSA) is 34.6 Å². The molecule has 0 atom stereocenters. The van der Waals surface area contributed by atoms with Crippen LogP contribution in [0.3, 0.4) is 0 Å². The monoisotopic (exact) mass is 1280 g/mol. The number of nitrogens with zero attached hydrogens (tertiary/aromatic N) is 4. The SMILES string of the molecule is CCCCCCCCC1=C2N=C(C(CCCCCCCC)=c3c4c(ccc5ccccc54)c4[n]3[Sn][n]3c1c1ccc5ccccc5c1c3C(CCCCCCCC)=C1N=C(C=4CCCCCCCC)c3c1ccc1ccccc31)c1ccc3ccccc3c12. The summed E-state index contributed by atoms with van der Waals surface area (Å²) in [5, 5.41) is 19.0. The molecule has 8 aromatic carbocycles. The molecule has 0 unspecified atom stereocenters. The van der Waals surface area contributed by atoms with Gasteiger partial charge in [-0.2, -0.15) is 0 Å². The summed E-state index contributed by atoms with van der Waals surface area (Å²) < 4.78 is 6.20. The predicted octanol–water partition coefficient (Wildman–Crippen LogP) is 22.8. The van der Waals surface area contributed by atoms with Crippen LogP contribution in [0.1, 0.15) is 241 Å². The van der Waals surface area contributed by atoms with Gasteiger partial charge in [-0.05, 0) is 0 Å². The van der Waals surface area contributed by atoms with Crippen LogP contribution in [-0.2, 0) is 0 Å². The second-order valence-corrected chi connectivity index (χ2v) is 29.7. The number of aliphatic imine (C=N–C) groups is 2. The predicted molar refractivity (Wildman–Crippen MR) is 388 cm³/mol. The number of rotatable bonds is 28. The van der Waals surface area contributed by atoms with Crippen molar-refractivity contribution in [3.8, 4) is 0 Å². The van der Waals surface area contributed by atoms with Crippen molar-refractivity contribution in [2.75, 3.05) is 0 Å². The van der Waals surface area contributed by atoms with Crippen molar-refractivity contribution in [3.05, 3.63) is 190 Å². The van der Waals surface area contributed by atoms with Crippen LogP contribution in [0.2, 0.25) is 0 Å². The summed E-state index contributed by atoms with van der Waals surface area (Å²) in [4.78, 5) is 12.9. The number of hydrogen-bond acceptors (Lipinski definition) is 2. The van der Waals surface area contributed by atoms with Gasteiger partial charge in [-0.15, -0.1) is 0 Å². The summed E-state index contributed by atoms with van der Waals surface area (Å²) in [5.41, 5.74) is 18.9. The number of benzene rings is 8. The van der Waals surface area contributed by atoms with Crippen LogP contribution in [0, 0.1) is 0 Å². The van der Waals surface area contributed by atoms with E-state index in [-0.39, 0.29) is 0 Å². The van der Waals surface area contributed by atoms with Gasteiger partial charge < -0.3 is 0 Å². The first-order valence-electron chi connectivity index (χ1n) is 35.4. The molecular formula is C84H92N4Sn. The van der Waals surface area contributed by atoms with Crippen LogP contribution in [-0.4, -0.2) is 38.7 Å². The van der Waals surface area contributed by atoms with Gasteiger partial charge >= 0.3 is 544 Å². The zero-order valence-electron chi connectivity index (χ0n) is 53.9. The summed E-state index contributed by atoms with van der Waals surface area (Å²) in [6.45, 7) is 9.40. The molecule has 5 heteroatoms. The van der Waals surface area contributed by atoms with Crippen molar-refractivity contribution in [1.82, 2.24) is 5.58 Å². The fourth-order valence-corrected chi connectivity index (χ4v) is 20.7. The zero-order valence-corrected chi connectivity index (χ0v) is 56.8. The van der Waals surface area contributed by atoms with Crippen LogP contribution in [0.4, 0.5) is 0 Å². The quantitative estimate of drug-likeness (QED) is 0.0346. The molecule has 4 aliphatic heterocycles. The Morgan fingerprint density at radius 3 is 1.25 bits per heavy atom. The second kappa shape index (κ2) is 27.4. The Bertz CT molecular complexity index is 4590. The van der Waals surface area contributed by atoms with Crippen molar-refractivity contribution >= 4 is 131 Å². The van der Waals surface area contributed by atoms with Crippen LogP contribution in [0.5, 0.6) is 0 Å². The van der Waals surface area contributed by atoms with Crippen LogP contribution < -0.4 is 10.7 Å². The van der Waals surface area contributed by atoms with E-state index in [9.17, 15) is 0 Å². The zero-order chi connectivity index (χ0) is 60.2. The molecule has 89 heavy (non-hydrogen) atoms. The molecule has 6 heterocycles. The Labute approximate surface area is 540 Å². The van der Waals surface area contributed by atoms with Crippen molar-refractivity contribution in [1.29, 1.82) is 0 Å². The van der Waals surface area contributed by atoms with Gasteiger partial charge in [-0.25, -0.2) is 0 Å². The number of aromatic nitrogens is 2. The van der Waals surface area contributed by atoms with Gasteiger partial charge in [0.2, 0.25) is 0 Å². The molecule has 4 nitrogen and oxygen atoms in total. The first kappa shape index (κ1) is 59.8. The van der Waals surface area contributed by atoms with E-state index in [0.717, 1.165) is 51.4 Å². The van der Waals surface area contributed by atoms with Crippen LogP contribution in [0.25, 0.3) is 98.3 Å². The van der Waals surface area contributed by atoms with Crippen molar-refractivity contribution in [2.45, 2.75) is 207 Å². The summed E-state index contributed by atoms with van der Waals surface area (Å²) in [5.74, 6) is 0. The standard InChI is InChI=1S/C84H92N4.Sn/c1-5-9-13-17-21-25-45-69-77-65-53-49-58-38-30-34-42-62(58)74(65)82(85-77)71(47-27-23-19-15-11-7-3)79-67-55-51-60-40-32-36-44-64(60)76(67)84(87-79)72(48-28-24-20-16-12-8-4)80-68-56-52-59-39-31-35-43-63(59)75(68)83(88-80)70(46-26-22-18-14-10-6-2)78-66-54-50-57-37-29-33-41-61(57)73(66)81(69)86-78;/h29-44,49-56H,5-28,45-48H2,1-4H3;/q-2;+2. The fraction of sp³-hybridized carbons (Fsp3) is 0.381. The van der Waals surface area contributed by atoms with E-state index >= 15 is 0 Å². The third-order valence-electron chi connectivity index (χ3n) is 20.6. The summed E-state index contributed by atoms with van der Waals surface area (Å²) in [7, 11) is 0. The Hall–Kier alpha value is -6.76. The van der Waals surface area contributed by atoms with E-state index in [2.05, 4.69) is 179 Å². The van der Waals surface area contributed by atoms with Crippen molar-refractivity contribution in [2.24, 2.45) is 9.98 Å². The molecule has 452 valence electrons. The molecule has 0 saturated carbocycles. The van der Waals surface area contributed by atoms with Crippen LogP contribution in [0.15, 0.2) is 156 Å². The third kappa shape index (κ3) is 11.2. The first-order chi connectivity index (χ1) is 44.1.